The lowest BCUT2D eigenvalue weighted by Crippen LogP contribution is -2.60. The number of rotatable bonds is 8. The van der Waals surface area contributed by atoms with Crippen molar-refractivity contribution in [2.75, 3.05) is 47.4 Å². The van der Waals surface area contributed by atoms with Crippen LogP contribution in [0.2, 0.25) is 0 Å². The van der Waals surface area contributed by atoms with Gasteiger partial charge in [0.2, 0.25) is 22.9 Å². The molecule has 16 aromatic rings. The van der Waals surface area contributed by atoms with Gasteiger partial charge < -0.3 is 36.9 Å². The molecule has 4 aromatic carbocycles. The van der Waals surface area contributed by atoms with Crippen LogP contribution in [-0.4, -0.2) is 75.5 Å². The Bertz CT molecular complexity index is 6650. The summed E-state index contributed by atoms with van der Waals surface area (Å²) in [5.74, 6) is 11.8. The Balaban J connectivity index is 0.000000113. The van der Waals surface area contributed by atoms with Gasteiger partial charge in [0.15, 0.2) is 70.4 Å². The van der Waals surface area contributed by atoms with Gasteiger partial charge in [0, 0.05) is 101 Å². The Labute approximate surface area is 662 Å². The Kier molecular flexibility index (Phi) is 17.3. The zero-order valence-corrected chi connectivity index (χ0v) is 64.0. The number of pyridine rings is 8. The lowest BCUT2D eigenvalue weighted by molar-refractivity contribution is -0.654. The van der Waals surface area contributed by atoms with E-state index in [-0.39, 0.29) is 33.1 Å². The van der Waals surface area contributed by atoms with E-state index in [1.54, 1.807) is 36.9 Å². The van der Waals surface area contributed by atoms with Crippen LogP contribution in [0, 0.1) is 27.6 Å². The molecule has 0 N–H and O–H groups in total. The summed E-state index contributed by atoms with van der Waals surface area (Å²) < 4.78 is 79.4. The van der Waals surface area contributed by atoms with E-state index >= 15 is 0 Å². The molecular formula is C92H84B4N12O4+4. The molecule has 4 aliphatic heterocycles. The van der Waals surface area contributed by atoms with E-state index < -0.39 is 13.7 Å². The Morgan fingerprint density at radius 3 is 1.25 bits per heavy atom. The third-order valence-electron chi connectivity index (χ3n) is 21.9. The maximum Gasteiger partial charge on any atom is 0.398 e. The van der Waals surface area contributed by atoms with Crippen molar-refractivity contribution in [2.24, 2.45) is 28.2 Å². The molecule has 544 valence electrons. The van der Waals surface area contributed by atoms with E-state index in [0.29, 0.717) is 34.3 Å². The smallest absolute Gasteiger partial charge is 0.398 e. The summed E-state index contributed by atoms with van der Waals surface area (Å²) in [7, 11) is 16.4. The monoisotopic (exact) mass is 1470 g/mol. The van der Waals surface area contributed by atoms with E-state index in [2.05, 4.69) is 259 Å². The van der Waals surface area contributed by atoms with Gasteiger partial charge in [0.25, 0.3) is 0 Å². The van der Waals surface area contributed by atoms with Crippen LogP contribution in [0.25, 0.3) is 113 Å². The van der Waals surface area contributed by atoms with Gasteiger partial charge in [-0.15, -0.1) is 0 Å². The summed E-state index contributed by atoms with van der Waals surface area (Å²) in [6.07, 6.45) is 21.7. The van der Waals surface area contributed by atoms with Crippen molar-refractivity contribution >= 4 is 142 Å². The highest BCUT2D eigenvalue weighted by Gasteiger charge is 2.40. The maximum atomic E-state index is 8.06. The van der Waals surface area contributed by atoms with Gasteiger partial charge in [-0.05, 0) is 161 Å². The Morgan fingerprint density at radius 2 is 0.759 bits per heavy atom. The molecule has 0 atom stereocenters. The highest BCUT2D eigenvalue weighted by atomic mass is 16.4. The number of hydrogen-bond donors (Lipinski definition) is 0. The van der Waals surface area contributed by atoms with Crippen LogP contribution >= 0.6 is 0 Å². The molecule has 0 amide bonds. The molecule has 0 bridgehead atoms. The fourth-order valence-corrected chi connectivity index (χ4v) is 16.0. The van der Waals surface area contributed by atoms with E-state index in [9.17, 15) is 0 Å². The van der Waals surface area contributed by atoms with Gasteiger partial charge in [0.1, 0.15) is 28.2 Å². The van der Waals surface area contributed by atoms with Crippen LogP contribution in [0.15, 0.2) is 285 Å². The fraction of sp³-hybridized carbons (Fsp3) is 0.130. The molecule has 112 heavy (non-hydrogen) atoms. The summed E-state index contributed by atoms with van der Waals surface area (Å²) in [6.45, 7) is -0.0260. The van der Waals surface area contributed by atoms with E-state index in [1.165, 1.54) is 44.6 Å². The van der Waals surface area contributed by atoms with Crippen molar-refractivity contribution in [1.29, 1.82) is 0 Å². The number of nitrogens with zero attached hydrogens (tertiary/aromatic N) is 12. The standard InChI is InChI=1S/4C23H21BN3O/c1-16-15-26(2)21(14-19(16)17-8-5-4-6-9-17)24-12-11-20-22(27(24)3)18-10-7-13-25-23(18)28-20;1-16-14-21(26(2)15-19(16)17-8-5-4-6-9-17)24-12-11-20-22(27(24)3)18-10-7-13-25-23(18)28-20;1-16-14-21(26(2)15-20(16)17-8-5-4-6-9-17)24-12-11-19-18-10-7-13-25-22(18)28-23(19)27(24)3;1-16-9-10-19-20-11-13-24(27(3)23(20)28-22(19)25-16)21-15-18(12-14-26(21)2)17-7-5-4-6-8-17/h4*4-15H,1-3H3/q4*+1/i1D3;;;1D3. The summed E-state index contributed by atoms with van der Waals surface area (Å²) in [4.78, 5) is 26.0. The molecule has 16 heterocycles. The topological polar surface area (TPSA) is 133 Å². The van der Waals surface area contributed by atoms with Crippen molar-refractivity contribution < 1.29 is 44.2 Å². The minimum Gasteiger partial charge on any atom is -0.436 e. The normalized spacial score (nSPS) is 14.3. The molecule has 20 rings (SSSR count). The van der Waals surface area contributed by atoms with Crippen LogP contribution in [0.1, 0.15) is 53.3 Å². The third-order valence-corrected chi connectivity index (χ3v) is 21.9. The van der Waals surface area contributed by atoms with E-state index in [1.807, 2.05) is 124 Å². The SMILES string of the molecule is Cc1cc(B2C=Cc3c(oc4ncccc34)N2C)[n+](C)cc1-c1ccccc1.Cc1cc(B2C=Cc3oc4ncccc4c3N2C)[n+](C)cc1-c1ccccc1.[2H]C([2H])([2H])c1c[n+](C)c(B2C=Cc3oc4ncccc4c3N2C)cc1-c1ccccc1.[2H]C([2H])([2H])c1ccc2c3c(oc2n1)N(C)B(c1cc(-c2ccccc2)cc[n+]1C)C=C3. The molecule has 20 heteroatoms. The second-order valence-electron chi connectivity index (χ2n) is 28.9. The van der Waals surface area contributed by atoms with Crippen LogP contribution in [0.3, 0.4) is 0 Å². The molecule has 0 fully saturated rings. The number of aryl methyl sites for hydroxylation is 8. The lowest BCUT2D eigenvalue weighted by Gasteiger charge is -2.26. The van der Waals surface area contributed by atoms with Crippen LogP contribution in [0.4, 0.5) is 23.1 Å². The molecule has 0 saturated heterocycles. The molecule has 16 nitrogen and oxygen atoms in total. The van der Waals surface area contributed by atoms with Gasteiger partial charge in [-0.25, -0.2) is 38.2 Å². The average molecular weight is 1470 g/mol. The predicted molar refractivity (Wildman–Crippen MR) is 459 cm³/mol. The van der Waals surface area contributed by atoms with Crippen LogP contribution in [0.5, 0.6) is 0 Å². The number of benzene rings is 4. The molecule has 0 spiro atoms. The molecular weight excluding hydrogens is 1380 g/mol. The minimum absolute atomic E-state index is 0.0381. The molecule has 0 radical (unpaired) electrons. The second kappa shape index (κ2) is 29.9. The molecule has 0 aliphatic carbocycles. The number of aromatic nitrogens is 8. The Hall–Kier alpha value is -13.3. The van der Waals surface area contributed by atoms with Crippen LogP contribution in [-0.2, 0) is 28.2 Å². The van der Waals surface area contributed by atoms with Gasteiger partial charge in [-0.3, -0.25) is 0 Å². The van der Waals surface area contributed by atoms with Crippen molar-refractivity contribution in [3.63, 3.8) is 0 Å². The molecule has 0 saturated carbocycles. The highest BCUT2D eigenvalue weighted by Crippen LogP contribution is 2.41. The fourth-order valence-electron chi connectivity index (χ4n) is 16.0. The largest absolute Gasteiger partial charge is 0.436 e. The van der Waals surface area contributed by atoms with Crippen LogP contribution < -0.4 is 59.9 Å². The lowest BCUT2D eigenvalue weighted by atomic mass is 9.55. The van der Waals surface area contributed by atoms with Crippen molar-refractivity contribution in [1.82, 2.24) is 19.9 Å². The molecule has 4 aliphatic rings. The zero-order valence-electron chi connectivity index (χ0n) is 70.0. The minimum atomic E-state index is -2.27. The first-order valence-corrected chi connectivity index (χ1v) is 37.4. The second-order valence-corrected chi connectivity index (χ2v) is 28.9. The average Bonchev–Trinajstić information content (AvgIpc) is 1.36. The summed E-state index contributed by atoms with van der Waals surface area (Å²) in [6, 6.07) is 67.2. The number of hydrogen-bond acceptors (Lipinski definition) is 12. The number of anilines is 4. The first-order chi connectivity index (χ1) is 56.9. The van der Waals surface area contributed by atoms with Crippen molar-refractivity contribution in [2.45, 2.75) is 27.6 Å². The zero-order chi connectivity index (χ0) is 82.0. The summed E-state index contributed by atoms with van der Waals surface area (Å²) >= 11 is 0. The van der Waals surface area contributed by atoms with Gasteiger partial charge >= 0.3 is 27.4 Å². The predicted octanol–water partition coefficient (Wildman–Crippen LogP) is 14.1. The summed E-state index contributed by atoms with van der Waals surface area (Å²) in [5.41, 5.74) is 22.8. The van der Waals surface area contributed by atoms with E-state index in [0.717, 1.165) is 94.9 Å². The third kappa shape index (κ3) is 13.3. The van der Waals surface area contributed by atoms with Gasteiger partial charge in [-0.1, -0.05) is 157 Å². The number of fused-ring (bicyclic) bond motifs is 12. The van der Waals surface area contributed by atoms with Gasteiger partial charge in [0.05, 0.1) is 22.1 Å². The Morgan fingerprint density at radius 1 is 0.348 bits per heavy atom. The maximum absolute atomic E-state index is 8.06. The van der Waals surface area contributed by atoms with Crippen molar-refractivity contribution in [3.05, 3.63) is 313 Å². The molecule has 0 unspecified atom stereocenters. The van der Waals surface area contributed by atoms with Crippen molar-refractivity contribution in [3.8, 4) is 44.5 Å². The highest BCUT2D eigenvalue weighted by molar-refractivity contribution is 6.82. The van der Waals surface area contributed by atoms with E-state index in [4.69, 9.17) is 25.9 Å². The first kappa shape index (κ1) is 64.6. The first-order valence-electron chi connectivity index (χ1n) is 40.4. The van der Waals surface area contributed by atoms with Gasteiger partial charge in [-0.2, -0.15) is 0 Å². The summed E-state index contributed by atoms with van der Waals surface area (Å²) in [5, 5.41) is 3.88. The number of furan rings is 4. The quantitative estimate of drug-likeness (QED) is 0.106. The molecule has 12 aromatic heterocycles.